The minimum atomic E-state index is -3.45. The third-order valence-electron chi connectivity index (χ3n) is 4.84. The van der Waals surface area contributed by atoms with Gasteiger partial charge in [-0.15, -0.1) is 0 Å². The van der Waals surface area contributed by atoms with Gasteiger partial charge in [0.05, 0.1) is 15.5 Å². The molecule has 1 unspecified atom stereocenters. The van der Waals surface area contributed by atoms with Crippen LogP contribution in [0.1, 0.15) is 36.5 Å². The Bertz CT molecular complexity index is 1090. The predicted octanol–water partition coefficient (Wildman–Crippen LogP) is 5.36. The predicted molar refractivity (Wildman–Crippen MR) is 116 cm³/mol. The Hall–Kier alpha value is -1.89. The normalized spacial score (nSPS) is 17.9. The van der Waals surface area contributed by atoms with Crippen LogP contribution in [0.15, 0.2) is 68.8 Å². The highest BCUT2D eigenvalue weighted by Crippen LogP contribution is 2.38. The standard InChI is InChI=1S/C22H21ClO4S2/c1-14-7-6-10-19(28-15-8-4-3-5-9-15)20(21(14)24)22(25)17-12-11-16(13-18(17)23)29(2,26)27/h3-5,8-9,11-14H,6-7,10H2,1-2H3. The Morgan fingerprint density at radius 3 is 2.45 bits per heavy atom. The summed E-state index contributed by atoms with van der Waals surface area (Å²) in [5, 5.41) is 0.0270. The van der Waals surface area contributed by atoms with Gasteiger partial charge in [-0.25, -0.2) is 8.42 Å². The Morgan fingerprint density at radius 1 is 1.14 bits per heavy atom. The van der Waals surface area contributed by atoms with Crippen LogP contribution < -0.4 is 0 Å². The Labute approximate surface area is 180 Å². The first kappa shape index (κ1) is 21.8. The number of carbonyl (C=O) groups is 2. The molecule has 0 aromatic heterocycles. The summed E-state index contributed by atoms with van der Waals surface area (Å²) < 4.78 is 23.5. The van der Waals surface area contributed by atoms with Crippen LogP contribution in [0.5, 0.6) is 0 Å². The van der Waals surface area contributed by atoms with Crippen molar-refractivity contribution in [2.75, 3.05) is 6.26 Å². The molecule has 0 fully saturated rings. The fraction of sp³-hybridized carbons (Fsp3) is 0.273. The van der Waals surface area contributed by atoms with Gasteiger partial charge in [-0.2, -0.15) is 0 Å². The van der Waals surface area contributed by atoms with E-state index < -0.39 is 15.6 Å². The van der Waals surface area contributed by atoms with Crippen molar-refractivity contribution < 1.29 is 18.0 Å². The molecule has 0 aliphatic heterocycles. The number of sulfone groups is 1. The van der Waals surface area contributed by atoms with E-state index in [1.165, 1.54) is 30.0 Å². The van der Waals surface area contributed by atoms with E-state index in [1.807, 2.05) is 37.3 Å². The highest BCUT2D eigenvalue weighted by atomic mass is 35.5. The number of hydrogen-bond donors (Lipinski definition) is 0. The molecule has 0 amide bonds. The molecule has 0 heterocycles. The molecule has 2 aromatic carbocycles. The van der Waals surface area contributed by atoms with Crippen LogP contribution in [-0.2, 0) is 14.6 Å². The summed E-state index contributed by atoms with van der Waals surface area (Å²) in [6, 6.07) is 13.6. The van der Waals surface area contributed by atoms with E-state index in [1.54, 1.807) is 0 Å². The summed E-state index contributed by atoms with van der Waals surface area (Å²) in [6.45, 7) is 1.83. The van der Waals surface area contributed by atoms with E-state index in [0.29, 0.717) is 6.42 Å². The van der Waals surface area contributed by atoms with Crippen molar-refractivity contribution in [3.63, 3.8) is 0 Å². The summed E-state index contributed by atoms with van der Waals surface area (Å²) in [5.74, 6) is -0.890. The molecular formula is C22H21ClO4S2. The Kier molecular flexibility index (Phi) is 6.66. The van der Waals surface area contributed by atoms with Crippen LogP contribution in [0.4, 0.5) is 0 Å². The van der Waals surface area contributed by atoms with Crippen LogP contribution in [-0.4, -0.2) is 26.2 Å². The molecule has 0 radical (unpaired) electrons. The lowest BCUT2D eigenvalue weighted by Gasteiger charge is -2.14. The van der Waals surface area contributed by atoms with Crippen LogP contribution in [0.2, 0.25) is 5.02 Å². The lowest BCUT2D eigenvalue weighted by Crippen LogP contribution is -2.20. The summed E-state index contributed by atoms with van der Waals surface area (Å²) >= 11 is 7.68. The van der Waals surface area contributed by atoms with Gasteiger partial charge in [0.15, 0.2) is 21.4 Å². The second-order valence-corrected chi connectivity index (χ2v) is 10.7. The Balaban J connectivity index is 2.09. The second kappa shape index (κ2) is 8.86. The molecule has 1 aliphatic carbocycles. The molecule has 3 rings (SSSR count). The van der Waals surface area contributed by atoms with Gasteiger partial charge in [-0.1, -0.05) is 48.5 Å². The van der Waals surface area contributed by atoms with E-state index >= 15 is 0 Å². The van der Waals surface area contributed by atoms with E-state index in [0.717, 1.165) is 28.9 Å². The van der Waals surface area contributed by atoms with Crippen LogP contribution in [0, 0.1) is 5.92 Å². The molecule has 29 heavy (non-hydrogen) atoms. The Morgan fingerprint density at radius 2 is 1.83 bits per heavy atom. The van der Waals surface area contributed by atoms with Gasteiger partial charge in [0, 0.05) is 27.5 Å². The van der Waals surface area contributed by atoms with Gasteiger partial charge in [0.1, 0.15) is 0 Å². The van der Waals surface area contributed by atoms with Gasteiger partial charge in [-0.3, -0.25) is 9.59 Å². The average molecular weight is 449 g/mol. The topological polar surface area (TPSA) is 68.3 Å². The van der Waals surface area contributed by atoms with Gasteiger partial charge >= 0.3 is 0 Å². The highest BCUT2D eigenvalue weighted by molar-refractivity contribution is 8.03. The van der Waals surface area contributed by atoms with Crippen molar-refractivity contribution in [2.24, 2.45) is 5.92 Å². The fourth-order valence-electron chi connectivity index (χ4n) is 3.23. The summed E-state index contributed by atoms with van der Waals surface area (Å²) in [6.07, 6.45) is 3.25. The molecule has 0 saturated heterocycles. The second-order valence-electron chi connectivity index (χ2n) is 7.11. The van der Waals surface area contributed by atoms with Crippen LogP contribution in [0.25, 0.3) is 0 Å². The van der Waals surface area contributed by atoms with Gasteiger partial charge in [0.2, 0.25) is 0 Å². The van der Waals surface area contributed by atoms with E-state index in [4.69, 9.17) is 11.6 Å². The number of ketones is 2. The number of allylic oxidation sites excluding steroid dienone is 2. The summed E-state index contributed by atoms with van der Waals surface area (Å²) in [5.41, 5.74) is 0.306. The number of benzene rings is 2. The zero-order valence-corrected chi connectivity index (χ0v) is 18.5. The van der Waals surface area contributed by atoms with Crippen LogP contribution in [0.3, 0.4) is 0 Å². The molecule has 0 spiro atoms. The van der Waals surface area contributed by atoms with Crippen LogP contribution >= 0.6 is 23.4 Å². The minimum Gasteiger partial charge on any atom is -0.294 e. The highest BCUT2D eigenvalue weighted by Gasteiger charge is 2.31. The first-order valence-electron chi connectivity index (χ1n) is 9.23. The van der Waals surface area contributed by atoms with Gasteiger partial charge in [0.25, 0.3) is 0 Å². The molecule has 0 bridgehead atoms. The lowest BCUT2D eigenvalue weighted by molar-refractivity contribution is -0.118. The molecular weight excluding hydrogens is 428 g/mol. The molecule has 4 nitrogen and oxygen atoms in total. The molecule has 7 heteroatoms. The summed E-state index contributed by atoms with van der Waals surface area (Å²) in [4.78, 5) is 28.2. The molecule has 1 atom stereocenters. The number of hydrogen-bond acceptors (Lipinski definition) is 5. The van der Waals surface area contributed by atoms with Gasteiger partial charge in [-0.05, 0) is 49.6 Å². The van der Waals surface area contributed by atoms with E-state index in [-0.39, 0.29) is 32.8 Å². The molecule has 2 aromatic rings. The zero-order chi connectivity index (χ0) is 21.2. The maximum absolute atomic E-state index is 13.4. The van der Waals surface area contributed by atoms with Crippen molar-refractivity contribution >= 4 is 44.8 Å². The van der Waals surface area contributed by atoms with Crippen molar-refractivity contribution in [3.05, 3.63) is 69.6 Å². The molecule has 1 aliphatic rings. The van der Waals surface area contributed by atoms with E-state index in [9.17, 15) is 18.0 Å². The molecule has 0 N–H and O–H groups in total. The number of carbonyl (C=O) groups excluding carboxylic acids is 2. The monoisotopic (exact) mass is 448 g/mol. The maximum Gasteiger partial charge on any atom is 0.198 e. The minimum absolute atomic E-state index is 0.0270. The third kappa shape index (κ3) is 5.00. The lowest BCUT2D eigenvalue weighted by atomic mass is 9.93. The maximum atomic E-state index is 13.4. The van der Waals surface area contributed by atoms with Crippen molar-refractivity contribution in [2.45, 2.75) is 36.0 Å². The zero-order valence-electron chi connectivity index (χ0n) is 16.1. The smallest absolute Gasteiger partial charge is 0.198 e. The summed E-state index contributed by atoms with van der Waals surface area (Å²) in [7, 11) is -3.45. The molecule has 152 valence electrons. The quantitative estimate of drug-likeness (QED) is 0.454. The number of Topliss-reactive ketones (excluding diaryl/α,β-unsaturated/α-hetero) is 2. The largest absolute Gasteiger partial charge is 0.294 e. The number of rotatable bonds is 5. The van der Waals surface area contributed by atoms with Gasteiger partial charge < -0.3 is 0 Å². The SMILES string of the molecule is CC1CCCC(Sc2ccccc2)=C(C(=O)c2ccc(S(C)(=O)=O)cc2Cl)C1=O. The van der Waals surface area contributed by atoms with E-state index in [2.05, 4.69) is 0 Å². The average Bonchev–Trinajstić information content (AvgIpc) is 2.80. The molecule has 0 saturated carbocycles. The van der Waals surface area contributed by atoms with Crippen molar-refractivity contribution in [3.8, 4) is 0 Å². The fourth-order valence-corrected chi connectivity index (χ4v) is 5.32. The van der Waals surface area contributed by atoms with Crippen molar-refractivity contribution in [1.29, 1.82) is 0 Å². The number of thioether (sulfide) groups is 1. The number of halogens is 1. The first-order valence-corrected chi connectivity index (χ1v) is 12.3. The third-order valence-corrected chi connectivity index (χ3v) is 7.42. The first-order chi connectivity index (χ1) is 13.7. The van der Waals surface area contributed by atoms with Crippen molar-refractivity contribution in [1.82, 2.24) is 0 Å².